The van der Waals surface area contributed by atoms with Gasteiger partial charge in [0.1, 0.15) is 11.6 Å². The van der Waals surface area contributed by atoms with Gasteiger partial charge in [-0.25, -0.2) is 4.39 Å². The van der Waals surface area contributed by atoms with Gasteiger partial charge in [0.05, 0.1) is 13.3 Å². The van der Waals surface area contributed by atoms with E-state index in [1.165, 1.54) is 12.3 Å². The molecule has 0 heterocycles. The maximum atomic E-state index is 13.3. The molecule has 0 saturated carbocycles. The lowest BCUT2D eigenvalue weighted by molar-refractivity contribution is -0.125. The number of hydrogen-bond donors (Lipinski definition) is 1. The zero-order valence-electron chi connectivity index (χ0n) is 13.4. The molecule has 0 saturated heterocycles. The van der Waals surface area contributed by atoms with Crippen molar-refractivity contribution in [2.45, 2.75) is 6.42 Å². The third kappa shape index (κ3) is 5.72. The first-order chi connectivity index (χ1) is 11.7. The normalized spacial score (nSPS) is 10.6. The van der Waals surface area contributed by atoms with Gasteiger partial charge in [0.25, 0.3) is 5.91 Å². The molecule has 0 aliphatic heterocycles. The summed E-state index contributed by atoms with van der Waals surface area (Å²) in [6, 6.07) is 13.8. The average Bonchev–Trinajstić information content (AvgIpc) is 2.61. The van der Waals surface area contributed by atoms with Crippen molar-refractivity contribution < 1.29 is 18.8 Å². The van der Waals surface area contributed by atoms with Crippen molar-refractivity contribution in [1.29, 1.82) is 0 Å². The van der Waals surface area contributed by atoms with Gasteiger partial charge >= 0.3 is 0 Å². The van der Waals surface area contributed by atoms with Crippen LogP contribution in [0.5, 0.6) is 5.75 Å². The first kappa shape index (κ1) is 17.5. The second-order valence-corrected chi connectivity index (χ2v) is 4.98. The van der Waals surface area contributed by atoms with Gasteiger partial charge < -0.3 is 14.9 Å². The van der Waals surface area contributed by atoms with Crippen molar-refractivity contribution in [2.24, 2.45) is 5.16 Å². The fraction of sp³-hybridized carbons (Fsp3) is 0.222. The summed E-state index contributed by atoms with van der Waals surface area (Å²) < 4.78 is 18.4. The van der Waals surface area contributed by atoms with Crippen LogP contribution in [0.25, 0.3) is 0 Å². The van der Waals surface area contributed by atoms with Crippen LogP contribution in [-0.4, -0.2) is 32.4 Å². The SMILES string of the molecule is COc1ccc(CCNC(=O)CO/N=C\c2ccccc2F)cc1. The maximum Gasteiger partial charge on any atom is 0.260 e. The Morgan fingerprint density at radius 3 is 2.67 bits per heavy atom. The molecule has 2 rings (SSSR count). The number of ether oxygens (including phenoxy) is 1. The number of rotatable bonds is 8. The zero-order chi connectivity index (χ0) is 17.2. The minimum absolute atomic E-state index is 0.215. The summed E-state index contributed by atoms with van der Waals surface area (Å²) in [4.78, 5) is 16.5. The largest absolute Gasteiger partial charge is 0.497 e. The van der Waals surface area contributed by atoms with E-state index < -0.39 is 5.82 Å². The number of carbonyl (C=O) groups excluding carboxylic acids is 1. The minimum Gasteiger partial charge on any atom is -0.497 e. The highest BCUT2D eigenvalue weighted by Gasteiger charge is 2.02. The lowest BCUT2D eigenvalue weighted by atomic mass is 10.1. The molecule has 6 heteroatoms. The zero-order valence-corrected chi connectivity index (χ0v) is 13.4. The van der Waals surface area contributed by atoms with Crippen molar-refractivity contribution >= 4 is 12.1 Å². The van der Waals surface area contributed by atoms with E-state index in [2.05, 4.69) is 10.5 Å². The number of oxime groups is 1. The third-order valence-corrected chi connectivity index (χ3v) is 3.26. The molecule has 0 spiro atoms. The number of halogens is 1. The summed E-state index contributed by atoms with van der Waals surface area (Å²) in [7, 11) is 1.61. The van der Waals surface area contributed by atoms with Crippen molar-refractivity contribution in [1.82, 2.24) is 5.32 Å². The highest BCUT2D eigenvalue weighted by atomic mass is 19.1. The number of amides is 1. The van der Waals surface area contributed by atoms with Gasteiger partial charge in [-0.2, -0.15) is 0 Å². The molecule has 5 nitrogen and oxygen atoms in total. The summed E-state index contributed by atoms with van der Waals surface area (Å²) in [5.74, 6) is 0.117. The van der Waals surface area contributed by atoms with E-state index in [-0.39, 0.29) is 12.5 Å². The van der Waals surface area contributed by atoms with E-state index >= 15 is 0 Å². The van der Waals surface area contributed by atoms with Crippen molar-refractivity contribution in [2.75, 3.05) is 20.3 Å². The first-order valence-corrected chi connectivity index (χ1v) is 7.48. The van der Waals surface area contributed by atoms with Crippen LogP contribution in [0.3, 0.4) is 0 Å². The van der Waals surface area contributed by atoms with Crippen LogP contribution >= 0.6 is 0 Å². The average molecular weight is 330 g/mol. The summed E-state index contributed by atoms with van der Waals surface area (Å²) in [6.45, 7) is 0.277. The van der Waals surface area contributed by atoms with Crippen LogP contribution in [0.4, 0.5) is 4.39 Å². The van der Waals surface area contributed by atoms with Crippen LogP contribution < -0.4 is 10.1 Å². The topological polar surface area (TPSA) is 59.9 Å². The number of nitrogens with one attached hydrogen (secondary N) is 1. The van der Waals surface area contributed by atoms with Gasteiger partial charge in [0.2, 0.25) is 0 Å². The third-order valence-electron chi connectivity index (χ3n) is 3.26. The molecule has 24 heavy (non-hydrogen) atoms. The molecule has 0 aliphatic rings. The summed E-state index contributed by atoms with van der Waals surface area (Å²) in [5.41, 5.74) is 1.40. The van der Waals surface area contributed by atoms with Gasteiger partial charge in [-0.15, -0.1) is 0 Å². The molecule has 0 aromatic heterocycles. The molecule has 0 atom stereocenters. The van der Waals surface area contributed by atoms with Crippen LogP contribution in [0.1, 0.15) is 11.1 Å². The Kier molecular flexibility index (Phi) is 6.76. The lowest BCUT2D eigenvalue weighted by Crippen LogP contribution is -2.28. The summed E-state index contributed by atoms with van der Waals surface area (Å²) in [6.07, 6.45) is 1.94. The Morgan fingerprint density at radius 1 is 1.21 bits per heavy atom. The Labute approximate surface area is 140 Å². The predicted molar refractivity (Wildman–Crippen MR) is 89.7 cm³/mol. The Bertz CT molecular complexity index is 687. The molecule has 1 N–H and O–H groups in total. The fourth-order valence-corrected chi connectivity index (χ4v) is 1.96. The Morgan fingerprint density at radius 2 is 1.96 bits per heavy atom. The number of methoxy groups -OCH3 is 1. The molecule has 0 unspecified atom stereocenters. The van der Waals surface area contributed by atoms with Crippen LogP contribution in [0.15, 0.2) is 53.7 Å². The minimum atomic E-state index is -0.395. The van der Waals surface area contributed by atoms with Gasteiger partial charge in [-0.3, -0.25) is 4.79 Å². The number of nitrogens with zero attached hydrogens (tertiary/aromatic N) is 1. The molecule has 0 radical (unpaired) electrons. The fourth-order valence-electron chi connectivity index (χ4n) is 1.96. The molecule has 2 aromatic rings. The highest BCUT2D eigenvalue weighted by Crippen LogP contribution is 2.11. The Hall–Kier alpha value is -2.89. The standard InChI is InChI=1S/C18H19FN2O3/c1-23-16-8-6-14(7-9-16)10-11-20-18(22)13-24-21-12-15-4-2-3-5-17(15)19/h2-9,12H,10-11,13H2,1H3,(H,20,22)/b21-12-. The molecule has 1 amide bonds. The highest BCUT2D eigenvalue weighted by molar-refractivity contribution is 5.80. The smallest absolute Gasteiger partial charge is 0.260 e. The van der Waals surface area contributed by atoms with E-state index in [1.807, 2.05) is 24.3 Å². The predicted octanol–water partition coefficient (Wildman–Crippen LogP) is 2.54. The van der Waals surface area contributed by atoms with E-state index in [4.69, 9.17) is 9.57 Å². The summed E-state index contributed by atoms with van der Waals surface area (Å²) >= 11 is 0. The molecular weight excluding hydrogens is 311 g/mol. The van der Waals surface area contributed by atoms with Crippen molar-refractivity contribution in [3.05, 3.63) is 65.5 Å². The van der Waals surface area contributed by atoms with Gasteiger partial charge in [-0.1, -0.05) is 35.5 Å². The molecule has 126 valence electrons. The second kappa shape index (κ2) is 9.29. The Balaban J connectivity index is 1.65. The maximum absolute atomic E-state index is 13.3. The van der Waals surface area contributed by atoms with E-state index in [1.54, 1.807) is 25.3 Å². The monoisotopic (exact) mass is 330 g/mol. The summed E-state index contributed by atoms with van der Waals surface area (Å²) in [5, 5.41) is 6.31. The number of carbonyl (C=O) groups is 1. The molecular formula is C18H19FN2O3. The van der Waals surface area contributed by atoms with Crippen LogP contribution in [-0.2, 0) is 16.1 Å². The van der Waals surface area contributed by atoms with E-state index in [9.17, 15) is 9.18 Å². The number of benzene rings is 2. The van der Waals surface area contributed by atoms with Crippen molar-refractivity contribution in [3.8, 4) is 5.75 Å². The van der Waals surface area contributed by atoms with Crippen LogP contribution in [0, 0.1) is 5.82 Å². The number of hydrogen-bond acceptors (Lipinski definition) is 4. The van der Waals surface area contributed by atoms with Crippen molar-refractivity contribution in [3.63, 3.8) is 0 Å². The van der Waals surface area contributed by atoms with E-state index in [0.29, 0.717) is 18.5 Å². The molecule has 0 aliphatic carbocycles. The lowest BCUT2D eigenvalue weighted by Gasteiger charge is -2.05. The quantitative estimate of drug-likeness (QED) is 0.598. The van der Waals surface area contributed by atoms with Crippen LogP contribution in [0.2, 0.25) is 0 Å². The molecule has 0 fully saturated rings. The first-order valence-electron chi connectivity index (χ1n) is 7.48. The van der Waals surface area contributed by atoms with E-state index in [0.717, 1.165) is 11.3 Å². The second-order valence-electron chi connectivity index (χ2n) is 4.98. The molecule has 0 bridgehead atoms. The van der Waals surface area contributed by atoms with Gasteiger partial charge in [0, 0.05) is 12.1 Å². The molecule has 2 aromatic carbocycles. The van der Waals surface area contributed by atoms with Gasteiger partial charge in [-0.05, 0) is 30.2 Å². The van der Waals surface area contributed by atoms with Gasteiger partial charge in [0.15, 0.2) is 6.61 Å².